The summed E-state index contributed by atoms with van der Waals surface area (Å²) in [6.07, 6.45) is 2.60. The third-order valence-corrected chi connectivity index (χ3v) is 4.80. The van der Waals surface area contributed by atoms with E-state index >= 15 is 0 Å². The van der Waals surface area contributed by atoms with Crippen LogP contribution in [0.5, 0.6) is 0 Å². The molecule has 1 aromatic carbocycles. The molecule has 0 aliphatic carbocycles. The fraction of sp³-hybridized carbons (Fsp3) is 0.421. The number of hydrogen-bond acceptors (Lipinski definition) is 5. The largest absolute Gasteiger partial charge is 0.445 e. The molecule has 2 heterocycles. The van der Waals surface area contributed by atoms with Gasteiger partial charge in [0.2, 0.25) is 0 Å². The highest BCUT2D eigenvalue weighted by Crippen LogP contribution is 2.22. The zero-order valence-electron chi connectivity index (χ0n) is 14.5. The number of piperazine rings is 1. The highest BCUT2D eigenvalue weighted by atomic mass is 35.5. The molecule has 1 atom stereocenters. The SMILES string of the molecule is N#CCC1CN(C2=CC(Cl)=NCC2)CCN1C(=O)OCc1ccccc1. The topological polar surface area (TPSA) is 68.9 Å². The number of ether oxygens (including phenoxy) is 1. The number of rotatable bonds is 4. The first kappa shape index (κ1) is 18.3. The first-order valence-corrected chi connectivity index (χ1v) is 9.05. The molecule has 0 bridgehead atoms. The first-order valence-electron chi connectivity index (χ1n) is 8.67. The summed E-state index contributed by atoms with van der Waals surface area (Å²) in [4.78, 5) is 20.5. The van der Waals surface area contributed by atoms with Gasteiger partial charge >= 0.3 is 6.09 Å². The number of benzene rings is 1. The van der Waals surface area contributed by atoms with Gasteiger partial charge in [-0.3, -0.25) is 4.99 Å². The fourth-order valence-corrected chi connectivity index (χ4v) is 3.43. The molecule has 26 heavy (non-hydrogen) atoms. The van der Waals surface area contributed by atoms with Gasteiger partial charge in [0.05, 0.1) is 18.5 Å². The molecule has 136 valence electrons. The van der Waals surface area contributed by atoms with Crippen molar-refractivity contribution >= 4 is 22.9 Å². The second kappa shape index (κ2) is 8.72. The lowest BCUT2D eigenvalue weighted by Crippen LogP contribution is -2.55. The van der Waals surface area contributed by atoms with Crippen LogP contribution in [0.2, 0.25) is 0 Å². The van der Waals surface area contributed by atoms with Crippen LogP contribution in [-0.4, -0.2) is 53.3 Å². The van der Waals surface area contributed by atoms with Gasteiger partial charge in [-0.05, 0) is 11.6 Å². The number of carbonyl (C=O) groups excluding carboxylic acids is 1. The van der Waals surface area contributed by atoms with Gasteiger partial charge < -0.3 is 14.5 Å². The van der Waals surface area contributed by atoms with E-state index in [-0.39, 0.29) is 25.2 Å². The Morgan fingerprint density at radius 3 is 2.88 bits per heavy atom. The number of hydrogen-bond donors (Lipinski definition) is 0. The van der Waals surface area contributed by atoms with Crippen LogP contribution in [0.3, 0.4) is 0 Å². The van der Waals surface area contributed by atoms with Crippen molar-refractivity contribution < 1.29 is 9.53 Å². The summed E-state index contributed by atoms with van der Waals surface area (Å²) in [6.45, 7) is 2.72. The molecule has 0 spiro atoms. The van der Waals surface area contributed by atoms with Crippen molar-refractivity contribution in [2.45, 2.75) is 25.5 Å². The molecule has 1 unspecified atom stereocenters. The Bertz CT molecular complexity index is 742. The molecule has 6 nitrogen and oxygen atoms in total. The highest BCUT2D eigenvalue weighted by Gasteiger charge is 2.32. The van der Waals surface area contributed by atoms with Gasteiger partial charge in [0.1, 0.15) is 11.8 Å². The minimum Gasteiger partial charge on any atom is -0.445 e. The van der Waals surface area contributed by atoms with Crippen LogP contribution in [-0.2, 0) is 11.3 Å². The third-order valence-electron chi connectivity index (χ3n) is 4.57. The zero-order valence-corrected chi connectivity index (χ0v) is 15.2. The van der Waals surface area contributed by atoms with E-state index in [9.17, 15) is 4.79 Å². The molecule has 0 radical (unpaired) electrons. The molecule has 0 aromatic heterocycles. The van der Waals surface area contributed by atoms with E-state index in [4.69, 9.17) is 21.6 Å². The molecular weight excluding hydrogens is 352 g/mol. The number of amides is 1. The normalized spacial score (nSPS) is 20.1. The molecule has 1 fully saturated rings. The zero-order chi connectivity index (χ0) is 18.4. The van der Waals surface area contributed by atoms with Crippen LogP contribution in [0.25, 0.3) is 0 Å². The number of dihydropyridines is 1. The van der Waals surface area contributed by atoms with Crippen molar-refractivity contribution in [3.05, 3.63) is 47.7 Å². The monoisotopic (exact) mass is 372 g/mol. The van der Waals surface area contributed by atoms with Gasteiger partial charge in [0.25, 0.3) is 0 Å². The number of aliphatic imine (C=N–C) groups is 1. The van der Waals surface area contributed by atoms with Gasteiger partial charge in [-0.15, -0.1) is 0 Å². The Hall–Kier alpha value is -2.52. The van der Waals surface area contributed by atoms with Crippen LogP contribution in [0.15, 0.2) is 47.1 Å². The van der Waals surface area contributed by atoms with E-state index in [1.165, 1.54) is 0 Å². The van der Waals surface area contributed by atoms with Crippen molar-refractivity contribution in [2.75, 3.05) is 26.2 Å². The molecule has 3 rings (SSSR count). The standard InChI is InChI=1S/C19H21ClN4O2/c20-18-12-16(7-9-22-18)23-10-11-24(17(13-23)6-8-21)19(25)26-14-15-4-2-1-3-5-15/h1-5,12,17H,6-7,9-11,13-14H2. The first-order chi connectivity index (χ1) is 12.7. The number of halogens is 1. The van der Waals surface area contributed by atoms with E-state index in [0.717, 1.165) is 17.7 Å². The lowest BCUT2D eigenvalue weighted by Gasteiger charge is -2.42. The number of nitriles is 1. The van der Waals surface area contributed by atoms with Crippen molar-refractivity contribution in [3.63, 3.8) is 0 Å². The van der Waals surface area contributed by atoms with E-state index in [2.05, 4.69) is 16.0 Å². The van der Waals surface area contributed by atoms with Crippen molar-refractivity contribution in [3.8, 4) is 6.07 Å². The Labute approximate surface area is 158 Å². The van der Waals surface area contributed by atoms with Gasteiger partial charge in [-0.2, -0.15) is 5.26 Å². The molecule has 1 saturated heterocycles. The van der Waals surface area contributed by atoms with E-state index < -0.39 is 0 Å². The lowest BCUT2D eigenvalue weighted by molar-refractivity contribution is 0.0516. The number of nitrogens with zero attached hydrogens (tertiary/aromatic N) is 4. The quantitative estimate of drug-likeness (QED) is 0.814. The van der Waals surface area contributed by atoms with Gasteiger partial charge in [-0.1, -0.05) is 41.9 Å². The summed E-state index contributed by atoms with van der Waals surface area (Å²) in [7, 11) is 0. The molecule has 2 aliphatic heterocycles. The number of allylic oxidation sites excluding steroid dienone is 1. The molecule has 2 aliphatic rings. The van der Waals surface area contributed by atoms with Crippen LogP contribution in [0.1, 0.15) is 18.4 Å². The molecule has 1 aromatic rings. The van der Waals surface area contributed by atoms with E-state index in [1.807, 2.05) is 36.4 Å². The third kappa shape index (κ3) is 4.55. The Balaban J connectivity index is 1.62. The second-order valence-electron chi connectivity index (χ2n) is 6.29. The average Bonchev–Trinajstić information content (AvgIpc) is 2.67. The average molecular weight is 373 g/mol. The maximum Gasteiger partial charge on any atom is 0.410 e. The van der Waals surface area contributed by atoms with Gasteiger partial charge in [0, 0.05) is 38.3 Å². The van der Waals surface area contributed by atoms with E-state index in [1.54, 1.807) is 4.90 Å². The van der Waals surface area contributed by atoms with Crippen LogP contribution >= 0.6 is 11.6 Å². The van der Waals surface area contributed by atoms with E-state index in [0.29, 0.717) is 31.3 Å². The summed E-state index contributed by atoms with van der Waals surface area (Å²) >= 11 is 6.02. The minimum absolute atomic E-state index is 0.199. The van der Waals surface area contributed by atoms with Gasteiger partial charge in [0.15, 0.2) is 0 Å². The maximum absolute atomic E-state index is 12.5. The molecule has 0 saturated carbocycles. The summed E-state index contributed by atoms with van der Waals surface area (Å²) in [5, 5.41) is 9.67. The molecule has 1 amide bonds. The minimum atomic E-state index is -0.369. The number of carbonyl (C=O) groups is 1. The van der Waals surface area contributed by atoms with Crippen molar-refractivity contribution in [1.29, 1.82) is 5.26 Å². The second-order valence-corrected chi connectivity index (χ2v) is 6.67. The van der Waals surface area contributed by atoms with Crippen molar-refractivity contribution in [2.24, 2.45) is 4.99 Å². The Kier molecular flexibility index (Phi) is 6.13. The van der Waals surface area contributed by atoms with Gasteiger partial charge in [-0.25, -0.2) is 4.79 Å². The Morgan fingerprint density at radius 1 is 1.35 bits per heavy atom. The summed E-state index contributed by atoms with van der Waals surface area (Å²) < 4.78 is 5.45. The van der Waals surface area contributed by atoms with Crippen LogP contribution in [0.4, 0.5) is 4.79 Å². The maximum atomic E-state index is 12.5. The summed E-state index contributed by atoms with van der Waals surface area (Å²) in [5.74, 6) is 0. The molecular formula is C19H21ClN4O2. The summed E-state index contributed by atoms with van der Waals surface area (Å²) in [5.41, 5.74) is 2.06. The molecule has 0 N–H and O–H groups in total. The summed E-state index contributed by atoms with van der Waals surface area (Å²) in [6, 6.07) is 11.6. The van der Waals surface area contributed by atoms with Crippen LogP contribution < -0.4 is 0 Å². The van der Waals surface area contributed by atoms with Crippen LogP contribution in [0, 0.1) is 11.3 Å². The van der Waals surface area contributed by atoms with Crippen molar-refractivity contribution in [1.82, 2.24) is 9.80 Å². The smallest absolute Gasteiger partial charge is 0.410 e. The predicted octanol–water partition coefficient (Wildman–Crippen LogP) is 3.15. The Morgan fingerprint density at radius 2 is 2.15 bits per heavy atom. The fourth-order valence-electron chi connectivity index (χ4n) is 3.22. The predicted molar refractivity (Wildman–Crippen MR) is 99.8 cm³/mol. The molecule has 7 heteroatoms. The lowest BCUT2D eigenvalue weighted by atomic mass is 10.1. The highest BCUT2D eigenvalue weighted by molar-refractivity contribution is 6.68.